The van der Waals surface area contributed by atoms with Crippen molar-refractivity contribution in [3.05, 3.63) is 65.9 Å². The topological polar surface area (TPSA) is 51.6 Å². The second-order valence-corrected chi connectivity index (χ2v) is 10.1. The first-order valence-electron chi connectivity index (χ1n) is 11.0. The largest absolute Gasteiger partial charge is 0.496 e. The maximum Gasteiger partial charge on any atom is 0.126 e. The molecule has 0 saturated heterocycles. The molecule has 4 nitrogen and oxygen atoms in total. The molecule has 1 aromatic heterocycles. The Bertz CT molecular complexity index is 1070. The fourth-order valence-electron chi connectivity index (χ4n) is 4.95. The van der Waals surface area contributed by atoms with Crippen LogP contribution in [0.15, 0.2) is 54.7 Å². The van der Waals surface area contributed by atoms with Gasteiger partial charge in [0.25, 0.3) is 0 Å². The van der Waals surface area contributed by atoms with E-state index in [-0.39, 0.29) is 10.8 Å². The number of benzene rings is 2. The van der Waals surface area contributed by atoms with E-state index in [9.17, 15) is 5.11 Å². The van der Waals surface area contributed by atoms with Crippen molar-refractivity contribution < 1.29 is 14.6 Å². The van der Waals surface area contributed by atoms with E-state index in [1.54, 1.807) is 7.11 Å². The van der Waals surface area contributed by atoms with Gasteiger partial charge in [-0.25, -0.2) is 0 Å². The standard InChI is InChI=1S/C27H33NO3/c1-25(2,3)27(29,17-19-13-15-28-21-10-7-6-9-20(19)21)18-26(4)14-16-31-23-12-8-11-22(30-5)24(23)26/h6-13,15,29H,14,16-18H2,1-5H3. The predicted molar refractivity (Wildman–Crippen MR) is 125 cm³/mol. The molecule has 0 aliphatic carbocycles. The van der Waals surface area contributed by atoms with Gasteiger partial charge in [-0.15, -0.1) is 0 Å². The Morgan fingerprint density at radius 2 is 1.87 bits per heavy atom. The van der Waals surface area contributed by atoms with E-state index in [1.807, 2.05) is 48.7 Å². The normalized spacial score (nSPS) is 20.6. The maximum atomic E-state index is 12.3. The lowest BCUT2D eigenvalue weighted by Gasteiger charge is -2.48. The molecule has 1 aliphatic heterocycles. The van der Waals surface area contributed by atoms with Gasteiger partial charge in [-0.05, 0) is 48.1 Å². The van der Waals surface area contributed by atoms with Crippen LogP contribution in [-0.4, -0.2) is 29.4 Å². The van der Waals surface area contributed by atoms with Crippen LogP contribution < -0.4 is 9.47 Å². The Morgan fingerprint density at radius 1 is 1.10 bits per heavy atom. The molecule has 2 unspecified atom stereocenters. The van der Waals surface area contributed by atoms with Gasteiger partial charge < -0.3 is 14.6 Å². The number of fused-ring (bicyclic) bond motifs is 2. The predicted octanol–water partition coefficient (Wildman–Crippen LogP) is 5.69. The van der Waals surface area contributed by atoms with E-state index in [2.05, 4.69) is 38.7 Å². The van der Waals surface area contributed by atoms with Crippen LogP contribution >= 0.6 is 0 Å². The van der Waals surface area contributed by atoms with E-state index in [0.717, 1.165) is 39.9 Å². The van der Waals surface area contributed by atoms with Crippen molar-refractivity contribution in [3.63, 3.8) is 0 Å². The van der Waals surface area contributed by atoms with E-state index in [1.165, 1.54) is 0 Å². The highest BCUT2D eigenvalue weighted by atomic mass is 16.5. The molecule has 1 N–H and O–H groups in total. The zero-order valence-electron chi connectivity index (χ0n) is 19.2. The SMILES string of the molecule is COc1cccc2c1C(C)(CC(O)(Cc1ccnc3ccccc13)C(C)(C)C)CCO2. The summed E-state index contributed by atoms with van der Waals surface area (Å²) in [5.41, 5.74) is 1.60. The Balaban J connectivity index is 1.78. The Morgan fingerprint density at radius 3 is 2.61 bits per heavy atom. The van der Waals surface area contributed by atoms with Crippen LogP contribution in [0.4, 0.5) is 0 Å². The Labute approximate surface area is 185 Å². The summed E-state index contributed by atoms with van der Waals surface area (Å²) in [7, 11) is 1.70. The molecule has 0 amide bonds. The molecule has 0 radical (unpaired) electrons. The smallest absolute Gasteiger partial charge is 0.126 e. The van der Waals surface area contributed by atoms with E-state index >= 15 is 0 Å². The minimum absolute atomic E-state index is 0.273. The van der Waals surface area contributed by atoms with Gasteiger partial charge >= 0.3 is 0 Å². The Hall–Kier alpha value is -2.59. The number of rotatable bonds is 5. The van der Waals surface area contributed by atoms with Crippen LogP contribution in [0.25, 0.3) is 10.9 Å². The van der Waals surface area contributed by atoms with Gasteiger partial charge in [0.05, 0.1) is 24.8 Å². The van der Waals surface area contributed by atoms with Gasteiger partial charge in [-0.3, -0.25) is 4.98 Å². The number of hydrogen-bond donors (Lipinski definition) is 1. The molecular formula is C27H33NO3. The molecule has 2 aromatic carbocycles. The maximum absolute atomic E-state index is 12.3. The fourth-order valence-corrected chi connectivity index (χ4v) is 4.95. The van der Waals surface area contributed by atoms with Crippen LogP contribution in [0.3, 0.4) is 0 Å². The van der Waals surface area contributed by atoms with Crippen molar-refractivity contribution in [1.29, 1.82) is 0 Å². The lowest BCUT2D eigenvalue weighted by atomic mass is 9.61. The van der Waals surface area contributed by atoms with Crippen molar-refractivity contribution >= 4 is 10.9 Å². The number of para-hydroxylation sites is 1. The second-order valence-electron chi connectivity index (χ2n) is 10.1. The highest BCUT2D eigenvalue weighted by Gasteiger charge is 2.48. The highest BCUT2D eigenvalue weighted by Crippen LogP contribution is 2.51. The first-order valence-corrected chi connectivity index (χ1v) is 11.0. The quantitative estimate of drug-likeness (QED) is 0.577. The number of pyridine rings is 1. The molecular weight excluding hydrogens is 386 g/mol. The minimum Gasteiger partial charge on any atom is -0.496 e. The van der Waals surface area contributed by atoms with Gasteiger partial charge in [0.1, 0.15) is 11.5 Å². The zero-order chi connectivity index (χ0) is 22.3. The third-order valence-corrected chi connectivity index (χ3v) is 7.02. The molecule has 31 heavy (non-hydrogen) atoms. The summed E-state index contributed by atoms with van der Waals surface area (Å²) in [4.78, 5) is 4.50. The fraction of sp³-hybridized carbons (Fsp3) is 0.444. The van der Waals surface area contributed by atoms with Crippen molar-refractivity contribution in [2.24, 2.45) is 5.41 Å². The molecule has 4 rings (SSSR count). The van der Waals surface area contributed by atoms with Crippen LogP contribution in [0, 0.1) is 5.41 Å². The molecule has 0 fully saturated rings. The molecule has 164 valence electrons. The lowest BCUT2D eigenvalue weighted by molar-refractivity contribution is -0.0818. The average Bonchev–Trinajstić information content (AvgIpc) is 2.73. The summed E-state index contributed by atoms with van der Waals surface area (Å²) in [6.07, 6.45) is 3.84. The number of nitrogens with zero attached hydrogens (tertiary/aromatic N) is 1. The van der Waals surface area contributed by atoms with E-state index < -0.39 is 5.60 Å². The number of methoxy groups -OCH3 is 1. The van der Waals surface area contributed by atoms with Gasteiger partial charge in [0, 0.05) is 29.0 Å². The monoisotopic (exact) mass is 419 g/mol. The van der Waals surface area contributed by atoms with Gasteiger partial charge in [-0.2, -0.15) is 0 Å². The molecule has 1 aliphatic rings. The summed E-state index contributed by atoms with van der Waals surface area (Å²) in [6.45, 7) is 9.25. The minimum atomic E-state index is -0.943. The average molecular weight is 420 g/mol. The molecule has 0 spiro atoms. The third-order valence-electron chi connectivity index (χ3n) is 7.02. The summed E-state index contributed by atoms with van der Waals surface area (Å²) < 4.78 is 11.7. The highest BCUT2D eigenvalue weighted by molar-refractivity contribution is 5.82. The molecule has 2 atom stereocenters. The molecule has 4 heteroatoms. The zero-order valence-corrected chi connectivity index (χ0v) is 19.2. The van der Waals surface area contributed by atoms with Crippen LogP contribution in [0.2, 0.25) is 0 Å². The molecule has 0 saturated carbocycles. The lowest BCUT2D eigenvalue weighted by Crippen LogP contribution is -2.50. The van der Waals surface area contributed by atoms with E-state index in [0.29, 0.717) is 19.4 Å². The summed E-state index contributed by atoms with van der Waals surface area (Å²) in [5, 5.41) is 13.4. The van der Waals surface area contributed by atoms with Gasteiger partial charge in [0.2, 0.25) is 0 Å². The van der Waals surface area contributed by atoms with Gasteiger partial charge in [-0.1, -0.05) is 52.0 Å². The summed E-state index contributed by atoms with van der Waals surface area (Å²) >= 11 is 0. The summed E-state index contributed by atoms with van der Waals surface area (Å²) in [6, 6.07) is 16.1. The third kappa shape index (κ3) is 3.89. The second kappa shape index (κ2) is 7.83. The van der Waals surface area contributed by atoms with Crippen molar-refractivity contribution in [2.75, 3.05) is 13.7 Å². The van der Waals surface area contributed by atoms with E-state index in [4.69, 9.17) is 9.47 Å². The number of aromatic nitrogens is 1. The van der Waals surface area contributed by atoms with Crippen LogP contribution in [0.1, 0.15) is 51.7 Å². The van der Waals surface area contributed by atoms with Gasteiger partial charge in [0.15, 0.2) is 0 Å². The molecule has 2 heterocycles. The van der Waals surface area contributed by atoms with Crippen LogP contribution in [-0.2, 0) is 11.8 Å². The first kappa shape index (κ1) is 21.6. The van der Waals surface area contributed by atoms with Crippen molar-refractivity contribution in [1.82, 2.24) is 4.98 Å². The Kier molecular flexibility index (Phi) is 5.47. The molecule has 0 bridgehead atoms. The number of ether oxygens (including phenoxy) is 2. The first-order chi connectivity index (χ1) is 14.7. The number of hydrogen-bond acceptors (Lipinski definition) is 4. The summed E-state index contributed by atoms with van der Waals surface area (Å²) in [5.74, 6) is 1.68. The van der Waals surface area contributed by atoms with Crippen molar-refractivity contribution in [2.45, 2.75) is 58.0 Å². The van der Waals surface area contributed by atoms with Crippen molar-refractivity contribution in [3.8, 4) is 11.5 Å². The van der Waals surface area contributed by atoms with Crippen LogP contribution in [0.5, 0.6) is 11.5 Å². The molecule has 3 aromatic rings. The number of aliphatic hydroxyl groups is 1.